The molecule has 0 aromatic heterocycles. The second kappa shape index (κ2) is 7.01. The van der Waals surface area contributed by atoms with E-state index in [1.165, 1.54) is 5.06 Å². The van der Waals surface area contributed by atoms with Crippen LogP contribution in [-0.2, 0) is 21.1 Å². The van der Waals surface area contributed by atoms with Crippen molar-refractivity contribution in [2.45, 2.75) is 53.0 Å². The van der Waals surface area contributed by atoms with Crippen LogP contribution < -0.4 is 0 Å². The van der Waals surface area contributed by atoms with Gasteiger partial charge in [0.05, 0.1) is 5.70 Å². The van der Waals surface area contributed by atoms with Crippen molar-refractivity contribution in [3.05, 3.63) is 77.0 Å². The van der Waals surface area contributed by atoms with Gasteiger partial charge in [-0.2, -0.15) is 5.06 Å². The van der Waals surface area contributed by atoms with E-state index in [-0.39, 0.29) is 11.3 Å². The Morgan fingerprint density at radius 2 is 1.69 bits per heavy atom. The van der Waals surface area contributed by atoms with Gasteiger partial charge in [0.15, 0.2) is 11.8 Å². The molecule has 1 amide bonds. The molecule has 152 valence electrons. The van der Waals surface area contributed by atoms with Crippen LogP contribution >= 0.6 is 0 Å². The van der Waals surface area contributed by atoms with Crippen molar-refractivity contribution < 1.29 is 14.5 Å². The lowest BCUT2D eigenvalue weighted by Crippen LogP contribution is -2.61. The fourth-order valence-electron chi connectivity index (χ4n) is 3.72. The third-order valence-electron chi connectivity index (χ3n) is 5.27. The SMILES string of the molecule is CC(C)(C)C1=Cc2ccccc2C2N(OCc3ccccc3)C(=O)C(C)(C)ON12. The third-order valence-corrected chi connectivity index (χ3v) is 5.27. The van der Waals surface area contributed by atoms with Crippen molar-refractivity contribution in [2.24, 2.45) is 5.41 Å². The van der Waals surface area contributed by atoms with Crippen LogP contribution in [0.1, 0.15) is 57.5 Å². The Hall–Kier alpha value is -2.63. The summed E-state index contributed by atoms with van der Waals surface area (Å²) in [5.41, 5.74) is 2.86. The van der Waals surface area contributed by atoms with Crippen LogP contribution in [0.25, 0.3) is 6.08 Å². The maximum absolute atomic E-state index is 13.3. The van der Waals surface area contributed by atoms with E-state index in [9.17, 15) is 4.79 Å². The summed E-state index contributed by atoms with van der Waals surface area (Å²) < 4.78 is 0. The van der Waals surface area contributed by atoms with Crippen LogP contribution in [-0.4, -0.2) is 21.6 Å². The van der Waals surface area contributed by atoms with Crippen molar-refractivity contribution >= 4 is 12.0 Å². The van der Waals surface area contributed by atoms with Gasteiger partial charge in [-0.3, -0.25) is 14.5 Å². The second-order valence-corrected chi connectivity index (χ2v) is 9.10. The van der Waals surface area contributed by atoms with Crippen LogP contribution in [0.15, 0.2) is 60.3 Å². The minimum atomic E-state index is -1.04. The maximum Gasteiger partial charge on any atom is 0.282 e. The number of carbonyl (C=O) groups is 1. The fraction of sp³-hybridized carbons (Fsp3) is 0.375. The highest BCUT2D eigenvalue weighted by Gasteiger charge is 2.52. The first kappa shape index (κ1) is 19.7. The highest BCUT2D eigenvalue weighted by Crippen LogP contribution is 2.47. The minimum Gasteiger partial charge on any atom is -0.269 e. The van der Waals surface area contributed by atoms with Crippen LogP contribution in [0.4, 0.5) is 0 Å². The quantitative estimate of drug-likeness (QED) is 0.731. The molecule has 0 bridgehead atoms. The Kier molecular flexibility index (Phi) is 4.75. The molecule has 0 aliphatic carbocycles. The molecule has 2 heterocycles. The number of allylic oxidation sites excluding steroid dienone is 1. The number of benzene rings is 2. The molecular weight excluding hydrogens is 364 g/mol. The molecule has 2 aliphatic rings. The van der Waals surface area contributed by atoms with Gasteiger partial charge in [0.2, 0.25) is 0 Å². The van der Waals surface area contributed by atoms with Gasteiger partial charge in [-0.25, -0.2) is 5.06 Å². The van der Waals surface area contributed by atoms with Gasteiger partial charge in [0.25, 0.3) is 5.91 Å². The minimum absolute atomic E-state index is 0.173. The summed E-state index contributed by atoms with van der Waals surface area (Å²) in [5, 5.41) is 3.35. The molecule has 2 aromatic carbocycles. The summed E-state index contributed by atoms with van der Waals surface area (Å²) in [6.07, 6.45) is 1.67. The first-order chi connectivity index (χ1) is 13.7. The summed E-state index contributed by atoms with van der Waals surface area (Å²) in [6.45, 7) is 10.3. The lowest BCUT2D eigenvalue weighted by Gasteiger charge is -2.52. The van der Waals surface area contributed by atoms with Crippen LogP contribution in [0.5, 0.6) is 0 Å². The number of hydrogen-bond acceptors (Lipinski definition) is 4. The van der Waals surface area contributed by atoms with Gasteiger partial charge in [-0.1, -0.05) is 75.4 Å². The van der Waals surface area contributed by atoms with Crippen molar-refractivity contribution in [2.75, 3.05) is 0 Å². The number of carbonyl (C=O) groups excluding carboxylic acids is 1. The number of hydroxylamine groups is 4. The number of amides is 1. The standard InChI is InChI=1S/C24H28N2O3/c1-23(2,3)20-15-18-13-9-10-14-19(18)21-25(20)29-24(4,5)22(27)26(21)28-16-17-11-7-6-8-12-17/h6-15,21H,16H2,1-5H3. The molecule has 2 aliphatic heterocycles. The van der Waals surface area contributed by atoms with Gasteiger partial charge >= 0.3 is 0 Å². The number of fused-ring (bicyclic) bond motifs is 3. The molecule has 2 aromatic rings. The van der Waals surface area contributed by atoms with E-state index in [4.69, 9.17) is 9.68 Å². The van der Waals surface area contributed by atoms with E-state index in [0.717, 1.165) is 22.4 Å². The molecule has 4 rings (SSSR count). The average molecular weight is 392 g/mol. The Balaban J connectivity index is 1.78. The molecule has 0 spiro atoms. The van der Waals surface area contributed by atoms with E-state index >= 15 is 0 Å². The first-order valence-electron chi connectivity index (χ1n) is 9.98. The molecular formula is C24H28N2O3. The predicted molar refractivity (Wildman–Crippen MR) is 112 cm³/mol. The molecule has 0 N–H and O–H groups in total. The van der Waals surface area contributed by atoms with E-state index in [0.29, 0.717) is 6.61 Å². The third kappa shape index (κ3) is 3.56. The van der Waals surface area contributed by atoms with Crippen LogP contribution in [0, 0.1) is 5.41 Å². The number of hydrogen-bond donors (Lipinski definition) is 0. The maximum atomic E-state index is 13.3. The average Bonchev–Trinajstić information content (AvgIpc) is 2.67. The molecule has 1 saturated heterocycles. The van der Waals surface area contributed by atoms with Crippen molar-refractivity contribution in [1.82, 2.24) is 10.1 Å². The monoisotopic (exact) mass is 392 g/mol. The molecule has 1 fully saturated rings. The molecule has 29 heavy (non-hydrogen) atoms. The zero-order chi connectivity index (χ0) is 20.8. The summed E-state index contributed by atoms with van der Waals surface area (Å²) >= 11 is 0. The van der Waals surface area contributed by atoms with Gasteiger partial charge in [-0.05, 0) is 31.1 Å². The Morgan fingerprint density at radius 3 is 2.38 bits per heavy atom. The van der Waals surface area contributed by atoms with E-state index < -0.39 is 11.8 Å². The lowest BCUT2D eigenvalue weighted by molar-refractivity contribution is -0.349. The largest absolute Gasteiger partial charge is 0.282 e. The Morgan fingerprint density at radius 1 is 1.03 bits per heavy atom. The van der Waals surface area contributed by atoms with Crippen molar-refractivity contribution in [3.63, 3.8) is 0 Å². The summed E-state index contributed by atoms with van der Waals surface area (Å²) in [6, 6.07) is 18.0. The zero-order valence-electron chi connectivity index (χ0n) is 17.7. The van der Waals surface area contributed by atoms with Gasteiger partial charge in [0.1, 0.15) is 6.61 Å². The van der Waals surface area contributed by atoms with E-state index in [1.807, 2.05) is 53.6 Å². The van der Waals surface area contributed by atoms with Gasteiger partial charge in [-0.15, -0.1) is 0 Å². The number of nitrogens with zero attached hydrogens (tertiary/aromatic N) is 2. The predicted octanol–water partition coefficient (Wildman–Crippen LogP) is 5.07. The zero-order valence-corrected chi connectivity index (χ0v) is 17.7. The molecule has 5 nitrogen and oxygen atoms in total. The molecule has 0 radical (unpaired) electrons. The van der Waals surface area contributed by atoms with Crippen molar-refractivity contribution in [1.29, 1.82) is 0 Å². The Bertz CT molecular complexity index is 944. The van der Waals surface area contributed by atoms with Crippen molar-refractivity contribution in [3.8, 4) is 0 Å². The summed E-state index contributed by atoms with van der Waals surface area (Å²) in [4.78, 5) is 25.7. The van der Waals surface area contributed by atoms with Crippen LogP contribution in [0.3, 0.4) is 0 Å². The molecule has 1 unspecified atom stereocenters. The van der Waals surface area contributed by atoms with Gasteiger partial charge in [0, 0.05) is 11.0 Å². The van der Waals surface area contributed by atoms with E-state index in [2.05, 4.69) is 32.9 Å². The highest BCUT2D eigenvalue weighted by molar-refractivity contribution is 5.85. The molecule has 1 atom stereocenters. The van der Waals surface area contributed by atoms with E-state index in [1.54, 1.807) is 13.8 Å². The fourth-order valence-corrected chi connectivity index (χ4v) is 3.72. The topological polar surface area (TPSA) is 42.0 Å². The smallest absolute Gasteiger partial charge is 0.269 e. The molecule has 5 heteroatoms. The number of rotatable bonds is 3. The lowest BCUT2D eigenvalue weighted by atomic mass is 9.86. The normalized spacial score (nSPS) is 20.8. The van der Waals surface area contributed by atoms with Crippen LogP contribution in [0.2, 0.25) is 0 Å². The van der Waals surface area contributed by atoms with Gasteiger partial charge < -0.3 is 0 Å². The highest BCUT2D eigenvalue weighted by atomic mass is 16.8. The Labute approximate surface area is 172 Å². The molecule has 0 saturated carbocycles. The second-order valence-electron chi connectivity index (χ2n) is 9.10. The summed E-state index contributed by atoms with van der Waals surface area (Å²) in [5.74, 6) is -0.195. The first-order valence-corrected chi connectivity index (χ1v) is 9.98. The summed E-state index contributed by atoms with van der Waals surface area (Å²) in [7, 11) is 0.